The molecular formula is C12H25NO3. The molecule has 0 aromatic heterocycles. The van der Waals surface area contributed by atoms with Crippen LogP contribution in [-0.4, -0.2) is 47.3 Å². The van der Waals surface area contributed by atoms with Crippen LogP contribution < -0.4 is 0 Å². The predicted octanol–water partition coefficient (Wildman–Crippen LogP) is 1.42. The van der Waals surface area contributed by atoms with Crippen molar-refractivity contribution < 1.29 is 14.6 Å². The summed E-state index contributed by atoms with van der Waals surface area (Å²) in [5.74, 6) is -0.233. The van der Waals surface area contributed by atoms with Crippen molar-refractivity contribution in [2.24, 2.45) is 0 Å². The maximum absolute atomic E-state index is 11.4. The second-order valence-corrected chi connectivity index (χ2v) is 4.65. The molecule has 0 spiro atoms. The van der Waals surface area contributed by atoms with Gasteiger partial charge in [-0.1, -0.05) is 6.92 Å². The lowest BCUT2D eigenvalue weighted by molar-refractivity contribution is -0.145. The van der Waals surface area contributed by atoms with E-state index >= 15 is 0 Å². The van der Waals surface area contributed by atoms with Crippen molar-refractivity contribution in [2.45, 2.75) is 52.7 Å². The van der Waals surface area contributed by atoms with Gasteiger partial charge >= 0.3 is 5.97 Å². The van der Waals surface area contributed by atoms with Gasteiger partial charge in [0, 0.05) is 12.6 Å². The Bertz CT molecular complexity index is 214. The summed E-state index contributed by atoms with van der Waals surface area (Å²) in [6.07, 6.45) is 0.666. The van der Waals surface area contributed by atoms with Crippen LogP contribution in [0.2, 0.25) is 0 Å². The van der Waals surface area contributed by atoms with Crippen molar-refractivity contribution in [1.82, 2.24) is 4.90 Å². The Morgan fingerprint density at radius 2 is 2.00 bits per heavy atom. The summed E-state index contributed by atoms with van der Waals surface area (Å²) in [6, 6.07) is 0.211. The molecular weight excluding hydrogens is 206 g/mol. The Morgan fingerprint density at radius 1 is 1.44 bits per heavy atom. The molecule has 1 atom stereocenters. The van der Waals surface area contributed by atoms with Gasteiger partial charge in [-0.05, 0) is 34.1 Å². The summed E-state index contributed by atoms with van der Waals surface area (Å²) < 4.78 is 4.91. The van der Waals surface area contributed by atoms with Gasteiger partial charge in [-0.2, -0.15) is 0 Å². The third kappa shape index (κ3) is 6.08. The van der Waals surface area contributed by atoms with E-state index in [1.54, 1.807) is 13.8 Å². The molecule has 0 aliphatic rings. The normalized spacial score (nSPS) is 15.2. The van der Waals surface area contributed by atoms with E-state index in [1.165, 1.54) is 0 Å². The van der Waals surface area contributed by atoms with Crippen LogP contribution in [0.4, 0.5) is 0 Å². The fraction of sp³-hybridized carbons (Fsp3) is 0.917. The van der Waals surface area contributed by atoms with E-state index in [1.807, 2.05) is 25.7 Å². The highest BCUT2D eigenvalue weighted by atomic mass is 16.5. The van der Waals surface area contributed by atoms with Crippen LogP contribution in [-0.2, 0) is 9.53 Å². The van der Waals surface area contributed by atoms with E-state index in [0.717, 1.165) is 0 Å². The number of aliphatic hydroxyl groups is 1. The van der Waals surface area contributed by atoms with Crippen LogP contribution >= 0.6 is 0 Å². The minimum absolute atomic E-state index is 0.211. The van der Waals surface area contributed by atoms with Crippen LogP contribution in [0, 0.1) is 0 Å². The first-order valence-electron chi connectivity index (χ1n) is 5.94. The van der Waals surface area contributed by atoms with Crippen molar-refractivity contribution in [1.29, 1.82) is 0 Å². The summed E-state index contributed by atoms with van der Waals surface area (Å²) in [6.45, 7) is 10.6. The van der Waals surface area contributed by atoms with E-state index in [0.29, 0.717) is 19.6 Å². The zero-order valence-corrected chi connectivity index (χ0v) is 11.1. The third-order valence-electron chi connectivity index (χ3n) is 2.67. The van der Waals surface area contributed by atoms with E-state index < -0.39 is 5.60 Å². The molecule has 16 heavy (non-hydrogen) atoms. The highest BCUT2D eigenvalue weighted by molar-refractivity contribution is 5.71. The van der Waals surface area contributed by atoms with Crippen LogP contribution in [0.3, 0.4) is 0 Å². The second-order valence-electron chi connectivity index (χ2n) is 4.65. The Kier molecular flexibility index (Phi) is 6.60. The first-order chi connectivity index (χ1) is 7.32. The lowest BCUT2D eigenvalue weighted by Crippen LogP contribution is -2.46. The molecule has 0 amide bonds. The second kappa shape index (κ2) is 6.86. The fourth-order valence-corrected chi connectivity index (χ4v) is 1.34. The zero-order chi connectivity index (χ0) is 12.8. The number of nitrogens with zero attached hydrogens (tertiary/aromatic N) is 1. The monoisotopic (exact) mass is 231 g/mol. The van der Waals surface area contributed by atoms with Gasteiger partial charge in [-0.15, -0.1) is 0 Å². The molecule has 0 fully saturated rings. The summed E-state index contributed by atoms with van der Waals surface area (Å²) in [7, 11) is 0. The topological polar surface area (TPSA) is 49.8 Å². The Labute approximate surface area is 98.6 Å². The average Bonchev–Trinajstić information content (AvgIpc) is 2.16. The number of hydrogen-bond donors (Lipinski definition) is 1. The first-order valence-corrected chi connectivity index (χ1v) is 5.94. The lowest BCUT2D eigenvalue weighted by atomic mass is 10.0. The highest BCUT2D eigenvalue weighted by Crippen LogP contribution is 2.13. The molecule has 0 aromatic carbocycles. The molecule has 4 nitrogen and oxygen atoms in total. The number of carbonyl (C=O) groups is 1. The van der Waals surface area contributed by atoms with E-state index in [4.69, 9.17) is 4.74 Å². The van der Waals surface area contributed by atoms with Crippen molar-refractivity contribution in [3.63, 3.8) is 0 Å². The number of hydrogen-bond acceptors (Lipinski definition) is 4. The maximum Gasteiger partial charge on any atom is 0.320 e. The number of carbonyl (C=O) groups excluding carboxylic acids is 1. The van der Waals surface area contributed by atoms with Gasteiger partial charge in [0.15, 0.2) is 0 Å². The van der Waals surface area contributed by atoms with E-state index in [2.05, 4.69) is 0 Å². The van der Waals surface area contributed by atoms with Gasteiger partial charge in [0.1, 0.15) is 0 Å². The summed E-state index contributed by atoms with van der Waals surface area (Å²) in [5, 5.41) is 9.99. The molecule has 0 saturated carbocycles. The smallest absolute Gasteiger partial charge is 0.320 e. The van der Waals surface area contributed by atoms with E-state index in [9.17, 15) is 9.90 Å². The Morgan fingerprint density at radius 3 is 2.38 bits per heavy atom. The van der Waals surface area contributed by atoms with Crippen LogP contribution in [0.5, 0.6) is 0 Å². The molecule has 0 saturated heterocycles. The zero-order valence-electron chi connectivity index (χ0n) is 11.1. The SMILES string of the molecule is CCOC(=O)CN(CC(C)(O)CC)C(C)C. The van der Waals surface area contributed by atoms with Crippen molar-refractivity contribution in [3.8, 4) is 0 Å². The molecule has 1 unspecified atom stereocenters. The molecule has 0 heterocycles. The lowest BCUT2D eigenvalue weighted by Gasteiger charge is -2.32. The molecule has 0 aliphatic heterocycles. The minimum atomic E-state index is -0.753. The summed E-state index contributed by atoms with van der Waals surface area (Å²) in [4.78, 5) is 13.3. The maximum atomic E-state index is 11.4. The largest absolute Gasteiger partial charge is 0.465 e. The van der Waals surface area contributed by atoms with Crippen LogP contribution in [0.1, 0.15) is 41.0 Å². The van der Waals surface area contributed by atoms with Crippen molar-refractivity contribution >= 4 is 5.97 Å². The van der Waals surface area contributed by atoms with Gasteiger partial charge in [0.2, 0.25) is 0 Å². The molecule has 0 aliphatic carbocycles. The quantitative estimate of drug-likeness (QED) is 0.673. The highest BCUT2D eigenvalue weighted by Gasteiger charge is 2.25. The Balaban J connectivity index is 4.34. The minimum Gasteiger partial charge on any atom is -0.465 e. The van der Waals surface area contributed by atoms with Gasteiger partial charge in [0.25, 0.3) is 0 Å². The molecule has 0 rings (SSSR count). The van der Waals surface area contributed by atoms with Gasteiger partial charge in [-0.25, -0.2) is 0 Å². The molecule has 0 bridgehead atoms. The number of ether oxygens (including phenoxy) is 1. The number of esters is 1. The predicted molar refractivity (Wildman–Crippen MR) is 64.3 cm³/mol. The van der Waals surface area contributed by atoms with Gasteiger partial charge in [-0.3, -0.25) is 9.69 Å². The average molecular weight is 231 g/mol. The van der Waals surface area contributed by atoms with Crippen molar-refractivity contribution in [3.05, 3.63) is 0 Å². The van der Waals surface area contributed by atoms with Gasteiger partial charge in [0.05, 0.1) is 18.8 Å². The first kappa shape index (κ1) is 15.4. The Hall–Kier alpha value is -0.610. The third-order valence-corrected chi connectivity index (χ3v) is 2.67. The van der Waals surface area contributed by atoms with Crippen LogP contribution in [0.25, 0.3) is 0 Å². The van der Waals surface area contributed by atoms with Crippen molar-refractivity contribution in [2.75, 3.05) is 19.7 Å². The van der Waals surface area contributed by atoms with Gasteiger partial charge < -0.3 is 9.84 Å². The number of rotatable bonds is 7. The van der Waals surface area contributed by atoms with Crippen LogP contribution in [0.15, 0.2) is 0 Å². The molecule has 1 N–H and O–H groups in total. The molecule has 4 heteroatoms. The molecule has 0 aromatic rings. The molecule has 0 radical (unpaired) electrons. The fourth-order valence-electron chi connectivity index (χ4n) is 1.34. The summed E-state index contributed by atoms with van der Waals surface area (Å²) in [5.41, 5.74) is -0.753. The van der Waals surface area contributed by atoms with E-state index in [-0.39, 0.29) is 18.6 Å². The molecule has 96 valence electrons. The summed E-state index contributed by atoms with van der Waals surface area (Å²) >= 11 is 0. The standard InChI is InChI=1S/C12H25NO3/c1-6-12(5,15)9-13(10(3)4)8-11(14)16-7-2/h10,15H,6-9H2,1-5H3.